The van der Waals surface area contributed by atoms with Crippen molar-refractivity contribution in [2.24, 2.45) is 0 Å². The van der Waals surface area contributed by atoms with Gasteiger partial charge in [0.2, 0.25) is 0 Å². The molecule has 1 N–H and O–H groups in total. The highest BCUT2D eigenvalue weighted by Gasteiger charge is 2.18. The predicted octanol–water partition coefficient (Wildman–Crippen LogP) is 4.06. The molecular weight excluding hydrogens is 425 g/mol. The summed E-state index contributed by atoms with van der Waals surface area (Å²) in [6.07, 6.45) is 2.99. The molecule has 148 valence electrons. The number of rotatable bonds is 7. The maximum absolute atomic E-state index is 12.6. The highest BCUT2D eigenvalue weighted by Crippen LogP contribution is 2.30. The minimum Gasteiger partial charge on any atom is -0.493 e. The lowest BCUT2D eigenvalue weighted by Gasteiger charge is -2.10. The minimum atomic E-state index is -3.83. The summed E-state index contributed by atoms with van der Waals surface area (Å²) < 4.78 is 39.6. The first kappa shape index (κ1) is 20.3. The van der Waals surface area contributed by atoms with E-state index >= 15 is 0 Å². The largest absolute Gasteiger partial charge is 0.493 e. The molecule has 0 bridgehead atoms. The summed E-state index contributed by atoms with van der Waals surface area (Å²) in [4.78, 5) is 0.0404. The summed E-state index contributed by atoms with van der Waals surface area (Å²) in [6, 6.07) is 9.51. The highest BCUT2D eigenvalue weighted by molar-refractivity contribution is 7.92. The van der Waals surface area contributed by atoms with Crippen LogP contribution in [0.25, 0.3) is 0 Å². The number of hydrogen-bond acceptors (Lipinski definition) is 5. The van der Waals surface area contributed by atoms with Crippen LogP contribution in [-0.2, 0) is 16.6 Å². The van der Waals surface area contributed by atoms with Crippen molar-refractivity contribution in [2.45, 2.75) is 11.4 Å². The second-order valence-corrected chi connectivity index (χ2v) is 8.31. The van der Waals surface area contributed by atoms with E-state index in [2.05, 4.69) is 9.82 Å². The van der Waals surface area contributed by atoms with Crippen molar-refractivity contribution in [1.82, 2.24) is 9.78 Å². The smallest absolute Gasteiger partial charge is 0.262 e. The predicted molar refractivity (Wildman–Crippen MR) is 108 cm³/mol. The van der Waals surface area contributed by atoms with Gasteiger partial charge in [0.05, 0.1) is 37.5 Å². The quantitative estimate of drug-likeness (QED) is 0.597. The summed E-state index contributed by atoms with van der Waals surface area (Å²) in [5, 5.41) is 5.22. The van der Waals surface area contributed by atoms with Gasteiger partial charge in [-0.15, -0.1) is 0 Å². The van der Waals surface area contributed by atoms with E-state index in [1.807, 2.05) is 0 Å². The zero-order valence-electron chi connectivity index (χ0n) is 15.0. The standard InChI is InChI=1S/C18H17Cl2N3O4S/c1-26-17-6-5-15(8-18(17)27-2)28(24,25)22-14-9-21-23(11-14)10-12-3-4-13(19)7-16(12)20/h3-9,11,22H,10H2,1-2H3. The van der Waals surface area contributed by atoms with Gasteiger partial charge in [0.1, 0.15) is 0 Å². The van der Waals surface area contributed by atoms with Crippen molar-refractivity contribution in [3.05, 3.63) is 64.4 Å². The van der Waals surface area contributed by atoms with Crippen molar-refractivity contribution in [3.8, 4) is 11.5 Å². The number of nitrogens with zero attached hydrogens (tertiary/aromatic N) is 2. The Morgan fingerprint density at radius 2 is 1.82 bits per heavy atom. The molecule has 1 heterocycles. The monoisotopic (exact) mass is 441 g/mol. The summed E-state index contributed by atoms with van der Waals surface area (Å²) in [7, 11) is -0.911. The first-order valence-corrected chi connectivity index (χ1v) is 10.3. The fraction of sp³-hybridized carbons (Fsp3) is 0.167. The van der Waals surface area contributed by atoms with Gasteiger partial charge in [-0.3, -0.25) is 9.40 Å². The summed E-state index contributed by atoms with van der Waals surface area (Å²) >= 11 is 12.1. The molecule has 0 radical (unpaired) electrons. The van der Waals surface area contributed by atoms with Crippen LogP contribution in [-0.4, -0.2) is 32.4 Å². The molecule has 0 saturated heterocycles. The van der Waals surface area contributed by atoms with E-state index in [-0.39, 0.29) is 4.90 Å². The molecule has 10 heteroatoms. The summed E-state index contributed by atoms with van der Waals surface area (Å²) in [5.74, 6) is 0.757. The van der Waals surface area contributed by atoms with E-state index in [1.54, 1.807) is 29.1 Å². The normalized spacial score (nSPS) is 11.3. The lowest BCUT2D eigenvalue weighted by Crippen LogP contribution is -2.12. The van der Waals surface area contributed by atoms with Crippen LogP contribution in [0.3, 0.4) is 0 Å². The van der Waals surface area contributed by atoms with Gasteiger partial charge in [-0.1, -0.05) is 29.3 Å². The maximum atomic E-state index is 12.6. The van der Waals surface area contributed by atoms with Gasteiger partial charge in [-0.05, 0) is 29.8 Å². The molecule has 3 rings (SSSR count). The second-order valence-electron chi connectivity index (χ2n) is 5.78. The second kappa shape index (κ2) is 8.30. The molecule has 2 aromatic carbocycles. The number of anilines is 1. The van der Waals surface area contributed by atoms with Gasteiger partial charge in [0.25, 0.3) is 10.0 Å². The molecule has 0 amide bonds. The number of aromatic nitrogens is 2. The van der Waals surface area contributed by atoms with E-state index in [4.69, 9.17) is 32.7 Å². The molecule has 0 unspecified atom stereocenters. The Balaban J connectivity index is 1.78. The Labute approximate surface area is 172 Å². The van der Waals surface area contributed by atoms with Crippen LogP contribution in [0.5, 0.6) is 11.5 Å². The Bertz CT molecular complexity index is 1100. The van der Waals surface area contributed by atoms with Crippen LogP contribution in [0.2, 0.25) is 10.0 Å². The Morgan fingerprint density at radius 1 is 1.07 bits per heavy atom. The number of benzene rings is 2. The van der Waals surface area contributed by atoms with E-state index in [0.29, 0.717) is 33.8 Å². The van der Waals surface area contributed by atoms with E-state index in [1.165, 1.54) is 38.6 Å². The maximum Gasteiger partial charge on any atom is 0.262 e. The first-order chi connectivity index (χ1) is 13.3. The number of ether oxygens (including phenoxy) is 2. The van der Waals surface area contributed by atoms with Crippen molar-refractivity contribution < 1.29 is 17.9 Å². The Hall–Kier alpha value is -2.42. The van der Waals surface area contributed by atoms with Crippen molar-refractivity contribution in [3.63, 3.8) is 0 Å². The van der Waals surface area contributed by atoms with Crippen LogP contribution < -0.4 is 14.2 Å². The molecular formula is C18H17Cl2N3O4S. The SMILES string of the molecule is COc1ccc(S(=O)(=O)Nc2cnn(Cc3ccc(Cl)cc3Cl)c2)cc1OC. The molecule has 0 atom stereocenters. The molecule has 0 saturated carbocycles. The molecule has 0 fully saturated rings. The third kappa shape index (κ3) is 4.52. The topological polar surface area (TPSA) is 82.5 Å². The summed E-state index contributed by atoms with van der Waals surface area (Å²) in [6.45, 7) is 0.369. The molecule has 0 spiro atoms. The van der Waals surface area contributed by atoms with Crippen molar-refractivity contribution in [2.75, 3.05) is 18.9 Å². The lowest BCUT2D eigenvalue weighted by molar-refractivity contribution is 0.354. The first-order valence-electron chi connectivity index (χ1n) is 8.03. The van der Waals surface area contributed by atoms with Crippen molar-refractivity contribution >= 4 is 38.9 Å². The van der Waals surface area contributed by atoms with Crippen LogP contribution in [0.4, 0.5) is 5.69 Å². The van der Waals surface area contributed by atoms with Gasteiger partial charge >= 0.3 is 0 Å². The van der Waals surface area contributed by atoms with E-state index in [0.717, 1.165) is 5.56 Å². The zero-order chi connectivity index (χ0) is 20.3. The molecule has 7 nitrogen and oxygen atoms in total. The van der Waals surface area contributed by atoms with Crippen LogP contribution >= 0.6 is 23.2 Å². The molecule has 28 heavy (non-hydrogen) atoms. The lowest BCUT2D eigenvalue weighted by atomic mass is 10.2. The Morgan fingerprint density at radius 3 is 2.50 bits per heavy atom. The number of nitrogens with one attached hydrogen (secondary N) is 1. The third-order valence-corrected chi connectivity index (χ3v) is 5.86. The average Bonchev–Trinajstić information content (AvgIpc) is 3.09. The van der Waals surface area contributed by atoms with E-state index in [9.17, 15) is 8.42 Å². The van der Waals surface area contributed by atoms with Gasteiger partial charge in [-0.25, -0.2) is 8.42 Å². The molecule has 0 aliphatic heterocycles. The fourth-order valence-corrected chi connectivity index (χ4v) is 4.04. The third-order valence-electron chi connectivity index (χ3n) is 3.90. The Kier molecular flexibility index (Phi) is 6.02. The van der Waals surface area contributed by atoms with Gasteiger partial charge in [0.15, 0.2) is 11.5 Å². The number of sulfonamides is 1. The minimum absolute atomic E-state index is 0.0404. The highest BCUT2D eigenvalue weighted by atomic mass is 35.5. The number of halogens is 2. The van der Waals surface area contributed by atoms with Crippen LogP contribution in [0.15, 0.2) is 53.7 Å². The zero-order valence-corrected chi connectivity index (χ0v) is 17.3. The number of methoxy groups -OCH3 is 2. The van der Waals surface area contributed by atoms with Gasteiger partial charge in [-0.2, -0.15) is 5.10 Å². The molecule has 1 aromatic heterocycles. The van der Waals surface area contributed by atoms with Crippen molar-refractivity contribution in [1.29, 1.82) is 0 Å². The van der Waals surface area contributed by atoms with Crippen LogP contribution in [0.1, 0.15) is 5.56 Å². The fourth-order valence-electron chi connectivity index (χ4n) is 2.52. The molecule has 0 aliphatic rings. The van der Waals surface area contributed by atoms with Gasteiger partial charge < -0.3 is 9.47 Å². The van der Waals surface area contributed by atoms with Crippen LogP contribution in [0, 0.1) is 0 Å². The summed E-state index contributed by atoms with van der Waals surface area (Å²) in [5.41, 5.74) is 1.13. The molecule has 3 aromatic rings. The average molecular weight is 442 g/mol. The molecule has 0 aliphatic carbocycles. The van der Waals surface area contributed by atoms with Gasteiger partial charge in [0, 0.05) is 22.3 Å². The number of hydrogen-bond donors (Lipinski definition) is 1. The van der Waals surface area contributed by atoms with E-state index < -0.39 is 10.0 Å².